The lowest BCUT2D eigenvalue weighted by Gasteiger charge is -2.25. The molecule has 1 aromatic rings. The zero-order chi connectivity index (χ0) is 15.0. The Labute approximate surface area is 133 Å². The fraction of sp³-hybridized carbons (Fsp3) is 0.667. The van der Waals surface area contributed by atoms with Crippen LogP contribution in [0.25, 0.3) is 0 Å². The number of benzene rings is 1. The molecule has 2 heteroatoms. The van der Waals surface area contributed by atoms with Gasteiger partial charge in [0, 0.05) is 10.5 Å². The highest BCUT2D eigenvalue weighted by molar-refractivity contribution is 9.10. The molecule has 1 rings (SSSR count). The maximum atomic E-state index is 3.69. The quantitative estimate of drug-likeness (QED) is 0.580. The van der Waals surface area contributed by atoms with Crippen molar-refractivity contribution in [1.82, 2.24) is 5.32 Å². The number of nitrogens with one attached hydrogen (secondary N) is 1. The number of unbranched alkanes of at least 4 members (excludes halogenated alkanes) is 1. The second-order valence-electron chi connectivity index (χ2n) is 5.76. The smallest absolute Gasteiger partial charge is 0.0325 e. The van der Waals surface area contributed by atoms with Gasteiger partial charge in [0.25, 0.3) is 0 Å². The van der Waals surface area contributed by atoms with Crippen LogP contribution in [0.2, 0.25) is 0 Å². The minimum atomic E-state index is 0.485. The van der Waals surface area contributed by atoms with E-state index in [0.29, 0.717) is 6.04 Å². The average Bonchev–Trinajstić information content (AvgIpc) is 2.45. The van der Waals surface area contributed by atoms with Crippen LogP contribution >= 0.6 is 15.9 Å². The molecular weight excluding hydrogens is 310 g/mol. The van der Waals surface area contributed by atoms with Crippen molar-refractivity contribution in [1.29, 1.82) is 0 Å². The molecule has 1 aromatic carbocycles. The Morgan fingerprint density at radius 1 is 1.20 bits per heavy atom. The van der Waals surface area contributed by atoms with Gasteiger partial charge in [-0.05, 0) is 49.1 Å². The van der Waals surface area contributed by atoms with Crippen molar-refractivity contribution < 1.29 is 0 Å². The molecule has 0 heterocycles. The van der Waals surface area contributed by atoms with E-state index >= 15 is 0 Å². The first-order valence-corrected chi connectivity index (χ1v) is 8.91. The first-order valence-electron chi connectivity index (χ1n) is 8.11. The second kappa shape index (κ2) is 9.57. The Balaban J connectivity index is 2.84. The molecule has 114 valence electrons. The SMILES string of the molecule is CCCCC(CC)CC(NCC)c1cc(Br)ccc1C. The van der Waals surface area contributed by atoms with Crippen molar-refractivity contribution in [3.63, 3.8) is 0 Å². The summed E-state index contributed by atoms with van der Waals surface area (Å²) in [4.78, 5) is 0. The number of halogens is 1. The average molecular weight is 340 g/mol. The highest BCUT2D eigenvalue weighted by Gasteiger charge is 2.18. The molecule has 2 atom stereocenters. The third-order valence-electron chi connectivity index (χ3n) is 4.18. The van der Waals surface area contributed by atoms with E-state index in [1.807, 2.05) is 0 Å². The number of aryl methyl sites for hydroxylation is 1. The van der Waals surface area contributed by atoms with Crippen LogP contribution in [0.15, 0.2) is 22.7 Å². The van der Waals surface area contributed by atoms with Crippen molar-refractivity contribution in [2.24, 2.45) is 5.92 Å². The van der Waals surface area contributed by atoms with Gasteiger partial charge < -0.3 is 5.32 Å². The predicted molar refractivity (Wildman–Crippen MR) is 93.2 cm³/mol. The number of rotatable bonds is 9. The van der Waals surface area contributed by atoms with E-state index in [1.54, 1.807) is 0 Å². The molecule has 0 aliphatic heterocycles. The highest BCUT2D eigenvalue weighted by Crippen LogP contribution is 2.30. The molecule has 0 fully saturated rings. The van der Waals surface area contributed by atoms with Gasteiger partial charge in [-0.25, -0.2) is 0 Å². The van der Waals surface area contributed by atoms with Gasteiger partial charge in [-0.2, -0.15) is 0 Å². The van der Waals surface area contributed by atoms with E-state index in [2.05, 4.69) is 67.1 Å². The molecule has 0 aromatic heterocycles. The standard InChI is InChI=1S/C18H30BrN/c1-5-8-9-15(6-2)12-18(20-7-3)17-13-16(19)11-10-14(17)4/h10-11,13,15,18,20H,5-9,12H2,1-4H3. The van der Waals surface area contributed by atoms with Crippen molar-refractivity contribution in [2.45, 2.75) is 65.8 Å². The van der Waals surface area contributed by atoms with Gasteiger partial charge in [-0.3, -0.25) is 0 Å². The highest BCUT2D eigenvalue weighted by atomic mass is 79.9. The summed E-state index contributed by atoms with van der Waals surface area (Å²) in [6, 6.07) is 7.13. The summed E-state index contributed by atoms with van der Waals surface area (Å²) in [5.74, 6) is 0.831. The first kappa shape index (κ1) is 17.7. The van der Waals surface area contributed by atoms with Crippen molar-refractivity contribution in [3.8, 4) is 0 Å². The number of hydrogen-bond acceptors (Lipinski definition) is 1. The maximum Gasteiger partial charge on any atom is 0.0325 e. The second-order valence-corrected chi connectivity index (χ2v) is 6.68. The van der Waals surface area contributed by atoms with Crippen molar-refractivity contribution in [2.75, 3.05) is 6.54 Å². The normalized spacial score (nSPS) is 14.2. The maximum absolute atomic E-state index is 3.69. The molecule has 0 amide bonds. The largest absolute Gasteiger partial charge is 0.310 e. The summed E-state index contributed by atoms with van der Waals surface area (Å²) >= 11 is 3.61. The summed E-state index contributed by atoms with van der Waals surface area (Å²) in [6.07, 6.45) is 6.56. The fourth-order valence-electron chi connectivity index (χ4n) is 2.87. The van der Waals surface area contributed by atoms with Gasteiger partial charge in [0.2, 0.25) is 0 Å². The summed E-state index contributed by atoms with van der Waals surface area (Å²) in [5.41, 5.74) is 2.85. The monoisotopic (exact) mass is 339 g/mol. The van der Waals surface area contributed by atoms with Crippen LogP contribution in [0.5, 0.6) is 0 Å². The summed E-state index contributed by atoms with van der Waals surface area (Å²) in [6.45, 7) is 10.1. The fourth-order valence-corrected chi connectivity index (χ4v) is 3.25. The van der Waals surface area contributed by atoms with Gasteiger partial charge in [-0.15, -0.1) is 0 Å². The third kappa shape index (κ3) is 5.57. The minimum Gasteiger partial charge on any atom is -0.310 e. The predicted octanol–water partition coefficient (Wildman–Crippen LogP) is 6.01. The van der Waals surface area contributed by atoms with Gasteiger partial charge in [0.15, 0.2) is 0 Å². The first-order chi connectivity index (χ1) is 9.62. The molecule has 0 aliphatic carbocycles. The molecule has 1 N–H and O–H groups in total. The van der Waals surface area contributed by atoms with Gasteiger partial charge in [0.05, 0.1) is 0 Å². The lowest BCUT2D eigenvalue weighted by Crippen LogP contribution is -2.24. The summed E-state index contributed by atoms with van der Waals surface area (Å²) < 4.78 is 1.18. The molecule has 0 spiro atoms. The Hall–Kier alpha value is -0.340. The van der Waals surface area contributed by atoms with Crippen LogP contribution < -0.4 is 5.32 Å². The molecule has 1 nitrogen and oxygen atoms in total. The minimum absolute atomic E-state index is 0.485. The van der Waals surface area contributed by atoms with Crippen LogP contribution in [-0.4, -0.2) is 6.54 Å². The van der Waals surface area contributed by atoms with E-state index in [1.165, 1.54) is 47.7 Å². The Morgan fingerprint density at radius 3 is 2.55 bits per heavy atom. The summed E-state index contributed by atoms with van der Waals surface area (Å²) in [5, 5.41) is 3.69. The van der Waals surface area contributed by atoms with Crippen molar-refractivity contribution >= 4 is 15.9 Å². The van der Waals surface area contributed by atoms with Crippen LogP contribution in [0.1, 0.15) is 70.0 Å². The molecule has 0 saturated heterocycles. The lowest BCUT2D eigenvalue weighted by molar-refractivity contribution is 0.356. The molecule has 20 heavy (non-hydrogen) atoms. The van der Waals surface area contributed by atoms with Gasteiger partial charge >= 0.3 is 0 Å². The summed E-state index contributed by atoms with van der Waals surface area (Å²) in [7, 11) is 0. The zero-order valence-electron chi connectivity index (χ0n) is 13.5. The third-order valence-corrected chi connectivity index (χ3v) is 4.67. The van der Waals surface area contributed by atoms with Crippen LogP contribution in [-0.2, 0) is 0 Å². The molecule has 0 bridgehead atoms. The molecule has 0 radical (unpaired) electrons. The molecular formula is C18H30BrN. The lowest BCUT2D eigenvalue weighted by atomic mass is 9.88. The zero-order valence-corrected chi connectivity index (χ0v) is 15.1. The molecule has 0 saturated carbocycles. The van der Waals surface area contributed by atoms with E-state index in [-0.39, 0.29) is 0 Å². The van der Waals surface area contributed by atoms with Gasteiger partial charge in [-0.1, -0.05) is 68.5 Å². The molecule has 2 unspecified atom stereocenters. The molecule has 0 aliphatic rings. The Bertz CT molecular complexity index is 389. The Morgan fingerprint density at radius 2 is 1.95 bits per heavy atom. The van der Waals surface area contributed by atoms with E-state index in [4.69, 9.17) is 0 Å². The topological polar surface area (TPSA) is 12.0 Å². The van der Waals surface area contributed by atoms with Crippen molar-refractivity contribution in [3.05, 3.63) is 33.8 Å². The van der Waals surface area contributed by atoms with Crippen LogP contribution in [0, 0.1) is 12.8 Å². The number of hydrogen-bond donors (Lipinski definition) is 1. The van der Waals surface area contributed by atoms with Crippen LogP contribution in [0.3, 0.4) is 0 Å². The Kier molecular flexibility index (Phi) is 8.47. The van der Waals surface area contributed by atoms with Gasteiger partial charge in [0.1, 0.15) is 0 Å². The van der Waals surface area contributed by atoms with Crippen LogP contribution in [0.4, 0.5) is 0 Å². The van der Waals surface area contributed by atoms with E-state index in [0.717, 1.165) is 12.5 Å². The van der Waals surface area contributed by atoms with E-state index in [9.17, 15) is 0 Å². The van der Waals surface area contributed by atoms with E-state index < -0.39 is 0 Å².